The number of aryl methyl sites for hydroxylation is 1. The van der Waals surface area contributed by atoms with Gasteiger partial charge in [0.15, 0.2) is 17.2 Å². The summed E-state index contributed by atoms with van der Waals surface area (Å²) in [6.07, 6.45) is -0.283. The number of carboxylic acid groups (broad SMARTS) is 1. The quantitative estimate of drug-likeness (QED) is 0.451. The third-order valence-corrected chi connectivity index (χ3v) is 5.49. The molecule has 0 saturated carbocycles. The van der Waals surface area contributed by atoms with Crippen LogP contribution >= 0.6 is 11.3 Å². The van der Waals surface area contributed by atoms with Crippen LogP contribution in [0.5, 0.6) is 0 Å². The molecule has 2 aromatic carbocycles. The first-order chi connectivity index (χ1) is 13.9. The Labute approximate surface area is 167 Å². The summed E-state index contributed by atoms with van der Waals surface area (Å²) in [4.78, 5) is 28.8. The highest BCUT2D eigenvalue weighted by Crippen LogP contribution is 2.35. The molecule has 4 rings (SSSR count). The Morgan fingerprint density at radius 1 is 1.10 bits per heavy atom. The molecule has 2 aromatic heterocycles. The molecule has 0 fully saturated rings. The Kier molecular flexibility index (Phi) is 4.71. The van der Waals surface area contributed by atoms with Gasteiger partial charge in [-0.15, -0.1) is 11.3 Å². The molecule has 4 aromatic rings. The number of oxazole rings is 1. The van der Waals surface area contributed by atoms with Gasteiger partial charge in [-0.3, -0.25) is 4.79 Å². The predicted octanol–water partition coefficient (Wildman–Crippen LogP) is 5.27. The molecular formula is C21H13F2NO4S. The molecule has 0 spiro atoms. The number of halogens is 2. The number of aromatic carboxylic acids is 1. The van der Waals surface area contributed by atoms with E-state index < -0.39 is 23.4 Å². The number of carbonyl (C=O) groups is 2. The van der Waals surface area contributed by atoms with Gasteiger partial charge in [0.1, 0.15) is 5.52 Å². The summed E-state index contributed by atoms with van der Waals surface area (Å²) in [5, 5.41) is 11.1. The summed E-state index contributed by atoms with van der Waals surface area (Å²) in [6, 6.07) is 9.55. The molecule has 0 amide bonds. The Bertz CT molecular complexity index is 1240. The lowest BCUT2D eigenvalue weighted by Gasteiger charge is -2.07. The Hall–Kier alpha value is -3.39. The second-order valence-corrected chi connectivity index (χ2v) is 7.36. The maximum absolute atomic E-state index is 14.4. The highest BCUT2D eigenvalue weighted by molar-refractivity contribution is 7.11. The van der Waals surface area contributed by atoms with Crippen LogP contribution in [-0.2, 0) is 6.42 Å². The number of nitrogens with zero attached hydrogens (tertiary/aromatic N) is 1. The van der Waals surface area contributed by atoms with E-state index in [9.17, 15) is 23.5 Å². The lowest BCUT2D eigenvalue weighted by molar-refractivity contribution is 0.0697. The van der Waals surface area contributed by atoms with Crippen molar-refractivity contribution in [2.45, 2.75) is 13.3 Å². The zero-order valence-electron chi connectivity index (χ0n) is 15.0. The van der Waals surface area contributed by atoms with E-state index in [1.54, 1.807) is 24.3 Å². The molecule has 29 heavy (non-hydrogen) atoms. The van der Waals surface area contributed by atoms with E-state index in [0.717, 1.165) is 11.3 Å². The number of thiophene rings is 1. The number of rotatable bonds is 5. The maximum Gasteiger partial charge on any atom is 0.337 e. The summed E-state index contributed by atoms with van der Waals surface area (Å²) in [6.45, 7) is 1.42. The van der Waals surface area contributed by atoms with Crippen LogP contribution in [0.25, 0.3) is 22.2 Å². The first kappa shape index (κ1) is 18.9. The number of hydrogen-bond donors (Lipinski definition) is 1. The molecule has 5 nitrogen and oxygen atoms in total. The fourth-order valence-corrected chi connectivity index (χ4v) is 4.06. The molecular weight excluding hydrogens is 400 g/mol. The third kappa shape index (κ3) is 3.31. The predicted molar refractivity (Wildman–Crippen MR) is 103 cm³/mol. The molecule has 0 saturated heterocycles. The number of aromatic nitrogens is 1. The molecule has 0 radical (unpaired) electrons. The number of carbonyl (C=O) groups excluding carboxylic acids is 1. The van der Waals surface area contributed by atoms with Crippen molar-refractivity contribution in [1.29, 1.82) is 0 Å². The Balaban J connectivity index is 1.73. The van der Waals surface area contributed by atoms with Crippen molar-refractivity contribution in [3.05, 3.63) is 75.3 Å². The van der Waals surface area contributed by atoms with Gasteiger partial charge in [-0.2, -0.15) is 0 Å². The van der Waals surface area contributed by atoms with Crippen LogP contribution in [0.3, 0.4) is 0 Å². The van der Waals surface area contributed by atoms with Gasteiger partial charge in [-0.1, -0.05) is 24.3 Å². The second-order valence-electron chi connectivity index (χ2n) is 6.40. The second kappa shape index (κ2) is 7.21. The van der Waals surface area contributed by atoms with E-state index in [1.807, 2.05) is 0 Å². The van der Waals surface area contributed by atoms with Gasteiger partial charge in [0.25, 0.3) is 5.89 Å². The lowest BCUT2D eigenvalue weighted by atomic mass is 9.99. The largest absolute Gasteiger partial charge is 0.478 e. The van der Waals surface area contributed by atoms with Crippen LogP contribution in [0.2, 0.25) is 0 Å². The molecule has 0 bridgehead atoms. The number of benzene rings is 2. The van der Waals surface area contributed by atoms with Gasteiger partial charge in [0.05, 0.1) is 12.0 Å². The molecule has 0 unspecified atom stereocenters. The van der Waals surface area contributed by atoms with Gasteiger partial charge in [0, 0.05) is 16.0 Å². The fourth-order valence-electron chi connectivity index (χ4n) is 3.03. The van der Waals surface area contributed by atoms with Crippen molar-refractivity contribution in [1.82, 2.24) is 4.98 Å². The molecule has 0 aliphatic rings. The van der Waals surface area contributed by atoms with Gasteiger partial charge in [0.2, 0.25) is 5.78 Å². The summed E-state index contributed by atoms with van der Waals surface area (Å²) in [5.74, 6) is -4.13. The number of fused-ring (bicyclic) bond motifs is 1. The first-order valence-electron chi connectivity index (χ1n) is 8.54. The van der Waals surface area contributed by atoms with Crippen LogP contribution in [0.15, 0.2) is 46.2 Å². The zero-order valence-corrected chi connectivity index (χ0v) is 15.8. The van der Waals surface area contributed by atoms with Crippen molar-refractivity contribution < 1.29 is 27.9 Å². The van der Waals surface area contributed by atoms with E-state index >= 15 is 0 Å². The van der Waals surface area contributed by atoms with Gasteiger partial charge in [-0.05, 0) is 30.0 Å². The standard InChI is InChI=1S/C21H13F2NO4S/c1-10-6-7-11(19(23)18(10)22)12-9-29-16(17(12)21(26)27)8-14(25)20-24-13-4-2-3-5-15(13)28-20/h2-7,9H,8H2,1H3,(H,26,27). The monoisotopic (exact) mass is 413 g/mol. The normalized spacial score (nSPS) is 11.1. The Morgan fingerprint density at radius 2 is 1.86 bits per heavy atom. The molecule has 2 heterocycles. The molecule has 1 N–H and O–H groups in total. The minimum absolute atomic E-state index is 0.0271. The summed E-state index contributed by atoms with van der Waals surface area (Å²) in [5.41, 5.74) is 0.699. The van der Waals surface area contributed by atoms with E-state index in [0.29, 0.717) is 11.1 Å². The SMILES string of the molecule is Cc1ccc(-c2csc(CC(=O)c3nc4ccccc4o3)c2C(=O)O)c(F)c1F. The highest BCUT2D eigenvalue weighted by Gasteiger charge is 2.26. The minimum atomic E-state index is -1.33. The van der Waals surface area contributed by atoms with Crippen molar-refractivity contribution in [3.63, 3.8) is 0 Å². The molecule has 0 aliphatic heterocycles. The smallest absolute Gasteiger partial charge is 0.337 e. The van der Waals surface area contributed by atoms with Crippen LogP contribution in [-0.4, -0.2) is 21.8 Å². The van der Waals surface area contributed by atoms with E-state index in [2.05, 4.69) is 4.98 Å². The molecule has 146 valence electrons. The molecule has 0 aliphatic carbocycles. The number of carboxylic acids is 1. The first-order valence-corrected chi connectivity index (χ1v) is 9.42. The highest BCUT2D eigenvalue weighted by atomic mass is 32.1. The van der Waals surface area contributed by atoms with Gasteiger partial charge >= 0.3 is 5.97 Å². The fraction of sp³-hybridized carbons (Fsp3) is 0.0952. The number of ketones is 1. The van der Waals surface area contributed by atoms with E-state index in [4.69, 9.17) is 4.42 Å². The van der Waals surface area contributed by atoms with Crippen molar-refractivity contribution in [3.8, 4) is 11.1 Å². The topological polar surface area (TPSA) is 80.4 Å². The van der Waals surface area contributed by atoms with Gasteiger partial charge in [-0.25, -0.2) is 18.6 Å². The summed E-state index contributed by atoms with van der Waals surface area (Å²) < 4.78 is 33.8. The lowest BCUT2D eigenvalue weighted by Crippen LogP contribution is -2.08. The number of Topliss-reactive ketones (excluding diaryl/α,β-unsaturated/α-hetero) is 1. The summed E-state index contributed by atoms with van der Waals surface area (Å²) in [7, 11) is 0. The average Bonchev–Trinajstić information content (AvgIpc) is 3.30. The maximum atomic E-state index is 14.4. The van der Waals surface area contributed by atoms with Crippen LogP contribution in [0, 0.1) is 18.6 Å². The van der Waals surface area contributed by atoms with Crippen molar-refractivity contribution in [2.75, 3.05) is 0 Å². The molecule has 8 heteroatoms. The number of hydrogen-bond acceptors (Lipinski definition) is 5. The van der Waals surface area contributed by atoms with Crippen LogP contribution < -0.4 is 0 Å². The number of para-hydroxylation sites is 2. The van der Waals surface area contributed by atoms with E-state index in [1.165, 1.54) is 24.4 Å². The van der Waals surface area contributed by atoms with Crippen molar-refractivity contribution >= 4 is 34.2 Å². The Morgan fingerprint density at radius 3 is 2.59 bits per heavy atom. The van der Waals surface area contributed by atoms with E-state index in [-0.39, 0.29) is 39.4 Å². The van der Waals surface area contributed by atoms with Gasteiger partial charge < -0.3 is 9.52 Å². The zero-order chi connectivity index (χ0) is 20.7. The molecule has 0 atom stereocenters. The van der Waals surface area contributed by atoms with Crippen LogP contribution in [0.1, 0.15) is 31.5 Å². The van der Waals surface area contributed by atoms with Crippen molar-refractivity contribution in [2.24, 2.45) is 0 Å². The average molecular weight is 413 g/mol. The summed E-state index contributed by atoms with van der Waals surface area (Å²) >= 11 is 0.988. The third-order valence-electron chi connectivity index (χ3n) is 4.50. The minimum Gasteiger partial charge on any atom is -0.478 e. The van der Waals surface area contributed by atoms with Crippen LogP contribution in [0.4, 0.5) is 8.78 Å².